The predicted molar refractivity (Wildman–Crippen MR) is 123 cm³/mol. The van der Waals surface area contributed by atoms with Gasteiger partial charge in [0.15, 0.2) is 0 Å². The second-order valence-electron chi connectivity index (χ2n) is 8.21. The number of halogens is 1. The van der Waals surface area contributed by atoms with Gasteiger partial charge < -0.3 is 25.6 Å². The van der Waals surface area contributed by atoms with Crippen molar-refractivity contribution in [3.63, 3.8) is 0 Å². The zero-order chi connectivity index (χ0) is 22.3. The molecule has 2 saturated heterocycles. The average Bonchev–Trinajstić information content (AvgIpc) is 3.32. The van der Waals surface area contributed by atoms with Crippen LogP contribution in [-0.2, 0) is 4.74 Å². The van der Waals surface area contributed by atoms with Gasteiger partial charge in [-0.2, -0.15) is 0 Å². The van der Waals surface area contributed by atoms with Crippen LogP contribution in [0.5, 0.6) is 0 Å². The average molecular weight is 441 g/mol. The first-order valence-corrected chi connectivity index (χ1v) is 11.2. The van der Waals surface area contributed by atoms with Crippen LogP contribution < -0.4 is 20.9 Å². The number of nitrogens with one attached hydrogen (secondary N) is 3. The van der Waals surface area contributed by atoms with E-state index in [0.717, 1.165) is 51.1 Å². The summed E-state index contributed by atoms with van der Waals surface area (Å²) in [6.45, 7) is 3.01. The summed E-state index contributed by atoms with van der Waals surface area (Å²) in [5.74, 6) is -0.617. The fourth-order valence-corrected chi connectivity index (χ4v) is 4.17. The van der Waals surface area contributed by atoms with Gasteiger partial charge >= 0.3 is 6.03 Å². The van der Waals surface area contributed by atoms with Crippen LogP contribution in [0, 0.1) is 5.82 Å². The number of urea groups is 1. The summed E-state index contributed by atoms with van der Waals surface area (Å²) in [5, 5.41) is 8.33. The van der Waals surface area contributed by atoms with Crippen molar-refractivity contribution in [1.29, 1.82) is 0 Å². The molecule has 7 nitrogen and oxygen atoms in total. The summed E-state index contributed by atoms with van der Waals surface area (Å²) in [7, 11) is 0. The Morgan fingerprint density at radius 1 is 1.00 bits per heavy atom. The molecule has 32 heavy (non-hydrogen) atoms. The van der Waals surface area contributed by atoms with Crippen molar-refractivity contribution in [2.75, 3.05) is 41.8 Å². The lowest BCUT2D eigenvalue weighted by atomic mass is 10.1. The summed E-state index contributed by atoms with van der Waals surface area (Å²) in [6.07, 6.45) is 5.38. The number of ether oxygens (including phenoxy) is 1. The van der Waals surface area contributed by atoms with Crippen LogP contribution in [0.25, 0.3) is 0 Å². The highest BCUT2D eigenvalue weighted by Gasteiger charge is 2.22. The zero-order valence-electron chi connectivity index (χ0n) is 18.0. The van der Waals surface area contributed by atoms with Gasteiger partial charge in [-0.3, -0.25) is 4.79 Å². The Hall–Kier alpha value is -3.13. The van der Waals surface area contributed by atoms with Crippen LogP contribution in [0.1, 0.15) is 42.5 Å². The number of carbonyl (C=O) groups excluding carboxylic acids is 2. The van der Waals surface area contributed by atoms with Crippen LogP contribution in [0.2, 0.25) is 0 Å². The van der Waals surface area contributed by atoms with E-state index in [0.29, 0.717) is 23.5 Å². The minimum atomic E-state index is -0.507. The molecule has 0 aliphatic carbocycles. The molecule has 3 N–H and O–H groups in total. The van der Waals surface area contributed by atoms with Crippen molar-refractivity contribution in [3.05, 3.63) is 53.8 Å². The lowest BCUT2D eigenvalue weighted by molar-refractivity contribution is 0.0858. The number of carbonyl (C=O) groups is 2. The second kappa shape index (κ2) is 10.5. The lowest BCUT2D eigenvalue weighted by Crippen LogP contribution is -2.35. The Morgan fingerprint density at radius 2 is 1.78 bits per heavy atom. The largest absolute Gasteiger partial charge is 0.376 e. The molecule has 3 amide bonds. The quantitative estimate of drug-likeness (QED) is 0.623. The maximum atomic E-state index is 13.4. The van der Waals surface area contributed by atoms with Crippen molar-refractivity contribution >= 4 is 29.0 Å². The van der Waals surface area contributed by atoms with E-state index < -0.39 is 11.8 Å². The van der Waals surface area contributed by atoms with Crippen molar-refractivity contribution < 1.29 is 18.7 Å². The highest BCUT2D eigenvalue weighted by Crippen LogP contribution is 2.27. The number of rotatable bonds is 6. The molecule has 2 fully saturated rings. The first kappa shape index (κ1) is 22.1. The maximum absolute atomic E-state index is 13.4. The van der Waals surface area contributed by atoms with Crippen molar-refractivity contribution in [3.8, 4) is 0 Å². The van der Waals surface area contributed by atoms with Gasteiger partial charge in [-0.25, -0.2) is 9.18 Å². The summed E-state index contributed by atoms with van der Waals surface area (Å²) in [5.41, 5.74) is 2.22. The van der Waals surface area contributed by atoms with Gasteiger partial charge in [0.2, 0.25) is 0 Å². The van der Waals surface area contributed by atoms with Gasteiger partial charge in [0.25, 0.3) is 5.91 Å². The van der Waals surface area contributed by atoms with Crippen molar-refractivity contribution in [2.24, 2.45) is 0 Å². The summed E-state index contributed by atoms with van der Waals surface area (Å²) >= 11 is 0. The van der Waals surface area contributed by atoms with E-state index in [2.05, 4.69) is 20.9 Å². The van der Waals surface area contributed by atoms with Crippen LogP contribution in [0.15, 0.2) is 42.5 Å². The highest BCUT2D eigenvalue weighted by atomic mass is 19.1. The SMILES string of the molecule is O=C(Nc1cccc(F)c1)Nc1ccc(N2CCCCC2)c(C(=O)NCC2CCCO2)c1. The fraction of sp³-hybridized carbons (Fsp3) is 0.417. The Bertz CT molecular complexity index is 956. The molecule has 1 atom stereocenters. The highest BCUT2D eigenvalue weighted by molar-refractivity contribution is 6.04. The molecule has 8 heteroatoms. The number of nitrogens with zero attached hydrogens (tertiary/aromatic N) is 1. The molecule has 2 aliphatic rings. The number of hydrogen-bond acceptors (Lipinski definition) is 4. The van der Waals surface area contributed by atoms with Gasteiger partial charge in [-0.05, 0) is 68.5 Å². The molecule has 0 saturated carbocycles. The Balaban J connectivity index is 1.49. The van der Waals surface area contributed by atoms with Gasteiger partial charge in [0.05, 0.1) is 11.7 Å². The topological polar surface area (TPSA) is 82.7 Å². The van der Waals surface area contributed by atoms with Gasteiger partial charge in [0, 0.05) is 43.3 Å². The number of anilines is 3. The van der Waals surface area contributed by atoms with E-state index in [1.807, 2.05) is 6.07 Å². The van der Waals surface area contributed by atoms with Gasteiger partial charge in [0.1, 0.15) is 5.82 Å². The second-order valence-corrected chi connectivity index (χ2v) is 8.21. The fourth-order valence-electron chi connectivity index (χ4n) is 4.17. The first-order chi connectivity index (χ1) is 15.6. The van der Waals surface area contributed by atoms with Crippen LogP contribution in [0.4, 0.5) is 26.2 Å². The monoisotopic (exact) mass is 440 g/mol. The molecule has 2 heterocycles. The Labute approximate surface area is 187 Å². The van der Waals surface area contributed by atoms with Crippen molar-refractivity contribution in [1.82, 2.24) is 5.32 Å². The smallest absolute Gasteiger partial charge is 0.323 e. The number of benzene rings is 2. The van der Waals surface area contributed by atoms with E-state index >= 15 is 0 Å². The molecule has 0 radical (unpaired) electrons. The van der Waals surface area contributed by atoms with E-state index in [1.165, 1.54) is 24.6 Å². The maximum Gasteiger partial charge on any atom is 0.323 e. The van der Waals surface area contributed by atoms with Crippen LogP contribution in [-0.4, -0.2) is 44.3 Å². The Morgan fingerprint density at radius 3 is 2.50 bits per heavy atom. The van der Waals surface area contributed by atoms with Gasteiger partial charge in [-0.1, -0.05) is 6.07 Å². The third-order valence-electron chi connectivity index (χ3n) is 5.79. The van der Waals surface area contributed by atoms with E-state index in [4.69, 9.17) is 4.74 Å². The van der Waals surface area contributed by atoms with E-state index in [1.54, 1.807) is 18.2 Å². The molecular weight excluding hydrogens is 411 g/mol. The van der Waals surface area contributed by atoms with Gasteiger partial charge in [-0.15, -0.1) is 0 Å². The Kier molecular flexibility index (Phi) is 7.21. The minimum absolute atomic E-state index is 0.0516. The summed E-state index contributed by atoms with van der Waals surface area (Å²) < 4.78 is 19.0. The first-order valence-electron chi connectivity index (χ1n) is 11.2. The molecule has 2 aromatic rings. The zero-order valence-corrected chi connectivity index (χ0v) is 18.0. The molecular formula is C24H29FN4O3. The van der Waals surface area contributed by atoms with E-state index in [9.17, 15) is 14.0 Å². The normalized spacial score (nSPS) is 18.3. The third-order valence-corrected chi connectivity index (χ3v) is 5.79. The molecule has 2 aliphatic heterocycles. The third kappa shape index (κ3) is 5.76. The van der Waals surface area contributed by atoms with Crippen molar-refractivity contribution in [2.45, 2.75) is 38.2 Å². The van der Waals surface area contributed by atoms with Crippen LogP contribution >= 0.6 is 0 Å². The minimum Gasteiger partial charge on any atom is -0.376 e. The number of amides is 3. The molecule has 0 bridgehead atoms. The lowest BCUT2D eigenvalue weighted by Gasteiger charge is -2.30. The standard InChI is InChI=1S/C24H29FN4O3/c25-17-6-4-7-18(14-17)27-24(31)28-19-9-10-22(29-11-2-1-3-12-29)21(15-19)23(30)26-16-20-8-5-13-32-20/h4,6-7,9-10,14-15,20H,1-3,5,8,11-13,16H2,(H,26,30)(H2,27,28,31). The number of piperidine rings is 1. The molecule has 2 aromatic carbocycles. The van der Waals surface area contributed by atoms with Crippen LogP contribution in [0.3, 0.4) is 0 Å². The molecule has 1 unspecified atom stereocenters. The summed E-state index contributed by atoms with van der Waals surface area (Å²) in [6, 6.07) is 10.5. The van der Waals surface area contributed by atoms with E-state index in [-0.39, 0.29) is 12.0 Å². The predicted octanol–water partition coefficient (Wildman–Crippen LogP) is 4.37. The molecule has 0 aromatic heterocycles. The molecule has 4 rings (SSSR count). The molecule has 0 spiro atoms. The molecule has 170 valence electrons. The summed E-state index contributed by atoms with van der Waals surface area (Å²) in [4.78, 5) is 27.7. The number of hydrogen-bond donors (Lipinski definition) is 3.